The fraction of sp³-hybridized carbons (Fsp3) is 0.261. The van der Waals surface area contributed by atoms with E-state index in [1.165, 1.54) is 12.5 Å². The molecule has 0 spiro atoms. The van der Waals surface area contributed by atoms with Crippen molar-refractivity contribution >= 4 is 34.1 Å². The average Bonchev–Trinajstić information content (AvgIpc) is 2.73. The standard InChI is InChI=1S/C23H23N3O2/c1-17(27)25(21-12-4-8-19-9-5-14-24-23(19)21)16-13-22(28)26-15-6-10-18-7-2-3-11-20(18)26/h2-5,7-9,11-12,14H,6,10,13,15-16H2,1H3. The summed E-state index contributed by atoms with van der Waals surface area (Å²) < 4.78 is 0. The van der Waals surface area contributed by atoms with Gasteiger partial charge in [-0.2, -0.15) is 0 Å². The molecule has 0 radical (unpaired) electrons. The van der Waals surface area contributed by atoms with Crippen LogP contribution >= 0.6 is 0 Å². The molecule has 2 amide bonds. The van der Waals surface area contributed by atoms with E-state index in [4.69, 9.17) is 0 Å². The van der Waals surface area contributed by atoms with Crippen LogP contribution in [0.3, 0.4) is 0 Å². The van der Waals surface area contributed by atoms with Crippen molar-refractivity contribution in [3.05, 3.63) is 66.4 Å². The van der Waals surface area contributed by atoms with E-state index < -0.39 is 0 Å². The SMILES string of the molecule is CC(=O)N(CCC(=O)N1CCCc2ccccc21)c1cccc2cccnc12. The first-order valence-electron chi connectivity index (χ1n) is 9.65. The van der Waals surface area contributed by atoms with Crippen LogP contribution in [0.25, 0.3) is 10.9 Å². The van der Waals surface area contributed by atoms with E-state index >= 15 is 0 Å². The third-order valence-electron chi connectivity index (χ3n) is 5.24. The Morgan fingerprint density at radius 2 is 1.89 bits per heavy atom. The topological polar surface area (TPSA) is 53.5 Å². The summed E-state index contributed by atoms with van der Waals surface area (Å²) in [6.07, 6.45) is 3.96. The summed E-state index contributed by atoms with van der Waals surface area (Å²) in [6, 6.07) is 17.7. The third-order valence-corrected chi connectivity index (χ3v) is 5.24. The molecular formula is C23H23N3O2. The Balaban J connectivity index is 1.55. The van der Waals surface area contributed by atoms with E-state index in [-0.39, 0.29) is 18.2 Å². The molecule has 3 aromatic rings. The number of rotatable bonds is 4. The van der Waals surface area contributed by atoms with Gasteiger partial charge in [0.15, 0.2) is 0 Å². The second-order valence-corrected chi connectivity index (χ2v) is 7.05. The van der Waals surface area contributed by atoms with Gasteiger partial charge in [0, 0.05) is 43.7 Å². The summed E-state index contributed by atoms with van der Waals surface area (Å²) in [5, 5.41) is 0.975. The maximum absolute atomic E-state index is 13.0. The van der Waals surface area contributed by atoms with E-state index in [0.29, 0.717) is 6.54 Å². The first kappa shape index (κ1) is 18.2. The molecule has 2 heterocycles. The predicted molar refractivity (Wildman–Crippen MR) is 112 cm³/mol. The summed E-state index contributed by atoms with van der Waals surface area (Å²) >= 11 is 0. The second-order valence-electron chi connectivity index (χ2n) is 7.05. The first-order valence-corrected chi connectivity index (χ1v) is 9.65. The van der Waals surface area contributed by atoms with E-state index in [9.17, 15) is 9.59 Å². The minimum atomic E-state index is -0.0926. The molecule has 0 atom stereocenters. The number of hydrogen-bond donors (Lipinski definition) is 0. The van der Waals surface area contributed by atoms with Gasteiger partial charge in [-0.3, -0.25) is 14.6 Å². The van der Waals surface area contributed by atoms with Gasteiger partial charge in [0.25, 0.3) is 0 Å². The zero-order chi connectivity index (χ0) is 19.5. The Morgan fingerprint density at radius 1 is 1.07 bits per heavy atom. The Bertz CT molecular complexity index is 1030. The molecule has 0 saturated heterocycles. The Hall–Kier alpha value is -3.21. The Kier molecular flexibility index (Phi) is 5.06. The van der Waals surface area contributed by atoms with Crippen LogP contribution in [-0.2, 0) is 16.0 Å². The Labute approximate surface area is 164 Å². The maximum atomic E-state index is 13.0. The number of benzene rings is 2. The lowest BCUT2D eigenvalue weighted by atomic mass is 10.0. The molecule has 0 bridgehead atoms. The molecule has 2 aromatic carbocycles. The number of fused-ring (bicyclic) bond motifs is 2. The van der Waals surface area contributed by atoms with Gasteiger partial charge in [0.05, 0.1) is 11.2 Å². The molecule has 0 saturated carbocycles. The van der Waals surface area contributed by atoms with Crippen molar-refractivity contribution < 1.29 is 9.59 Å². The van der Waals surface area contributed by atoms with Crippen molar-refractivity contribution in [2.45, 2.75) is 26.2 Å². The minimum absolute atomic E-state index is 0.0478. The summed E-state index contributed by atoms with van der Waals surface area (Å²) in [7, 11) is 0. The van der Waals surface area contributed by atoms with Crippen LogP contribution < -0.4 is 9.80 Å². The van der Waals surface area contributed by atoms with Crippen LogP contribution in [-0.4, -0.2) is 29.9 Å². The van der Waals surface area contributed by atoms with Gasteiger partial charge in [-0.1, -0.05) is 36.4 Å². The van der Waals surface area contributed by atoms with Crippen molar-refractivity contribution in [3.63, 3.8) is 0 Å². The molecule has 1 aromatic heterocycles. The lowest BCUT2D eigenvalue weighted by Gasteiger charge is -2.30. The summed E-state index contributed by atoms with van der Waals surface area (Å²) in [5.74, 6) is -0.0448. The quantitative estimate of drug-likeness (QED) is 0.696. The molecule has 5 nitrogen and oxygen atoms in total. The van der Waals surface area contributed by atoms with Crippen LogP contribution in [0, 0.1) is 0 Å². The van der Waals surface area contributed by atoms with Crippen LogP contribution in [0.4, 0.5) is 11.4 Å². The number of carbonyl (C=O) groups is 2. The monoisotopic (exact) mass is 373 g/mol. The largest absolute Gasteiger partial charge is 0.312 e. The predicted octanol–water partition coefficient (Wildman–Crippen LogP) is 3.96. The van der Waals surface area contributed by atoms with Crippen molar-refractivity contribution in [2.24, 2.45) is 0 Å². The Morgan fingerprint density at radius 3 is 2.75 bits per heavy atom. The molecule has 1 aliphatic rings. The fourth-order valence-corrected chi connectivity index (χ4v) is 3.89. The molecule has 4 rings (SSSR count). The number of aromatic nitrogens is 1. The lowest BCUT2D eigenvalue weighted by Crippen LogP contribution is -2.39. The summed E-state index contributed by atoms with van der Waals surface area (Å²) in [4.78, 5) is 33.3. The smallest absolute Gasteiger partial charge is 0.228 e. The first-order chi connectivity index (χ1) is 13.6. The van der Waals surface area contributed by atoms with Gasteiger partial charge in [0.1, 0.15) is 0 Å². The second kappa shape index (κ2) is 7.80. The van der Waals surface area contributed by atoms with Crippen LogP contribution in [0.2, 0.25) is 0 Å². The summed E-state index contributed by atoms with van der Waals surface area (Å²) in [6.45, 7) is 2.59. The van der Waals surface area contributed by atoms with Crippen molar-refractivity contribution in [2.75, 3.05) is 22.9 Å². The average molecular weight is 373 g/mol. The molecule has 28 heavy (non-hydrogen) atoms. The fourth-order valence-electron chi connectivity index (χ4n) is 3.89. The third kappa shape index (κ3) is 3.48. The number of aryl methyl sites for hydroxylation is 1. The maximum Gasteiger partial charge on any atom is 0.228 e. The molecule has 0 aliphatic carbocycles. The van der Waals surface area contributed by atoms with Gasteiger partial charge in [-0.25, -0.2) is 0 Å². The van der Waals surface area contributed by atoms with Crippen molar-refractivity contribution in [1.82, 2.24) is 4.98 Å². The number of hydrogen-bond acceptors (Lipinski definition) is 3. The highest BCUT2D eigenvalue weighted by atomic mass is 16.2. The molecular weight excluding hydrogens is 350 g/mol. The highest BCUT2D eigenvalue weighted by Crippen LogP contribution is 2.28. The van der Waals surface area contributed by atoms with Gasteiger partial charge < -0.3 is 9.80 Å². The van der Waals surface area contributed by atoms with Crippen molar-refractivity contribution in [1.29, 1.82) is 0 Å². The number of para-hydroxylation sites is 2. The molecule has 1 aliphatic heterocycles. The summed E-state index contributed by atoms with van der Waals surface area (Å²) in [5.41, 5.74) is 3.73. The number of nitrogens with zero attached hydrogens (tertiary/aromatic N) is 3. The lowest BCUT2D eigenvalue weighted by molar-refractivity contribution is -0.118. The molecule has 0 N–H and O–H groups in total. The highest BCUT2D eigenvalue weighted by molar-refractivity contribution is 6.02. The van der Waals surface area contributed by atoms with Gasteiger partial charge >= 0.3 is 0 Å². The zero-order valence-electron chi connectivity index (χ0n) is 16.0. The number of carbonyl (C=O) groups excluding carboxylic acids is 2. The van der Waals surface area contributed by atoms with E-state index in [1.807, 2.05) is 53.4 Å². The number of anilines is 2. The number of amides is 2. The molecule has 0 unspecified atom stereocenters. The van der Waals surface area contributed by atoms with E-state index in [1.54, 1.807) is 11.1 Å². The normalized spacial score (nSPS) is 13.2. The molecule has 5 heteroatoms. The highest BCUT2D eigenvalue weighted by Gasteiger charge is 2.23. The van der Waals surface area contributed by atoms with Crippen molar-refractivity contribution in [3.8, 4) is 0 Å². The molecule has 142 valence electrons. The van der Waals surface area contributed by atoms with E-state index in [2.05, 4.69) is 11.1 Å². The number of pyridine rings is 1. The van der Waals surface area contributed by atoms with Gasteiger partial charge in [-0.05, 0) is 36.6 Å². The minimum Gasteiger partial charge on any atom is -0.312 e. The zero-order valence-corrected chi connectivity index (χ0v) is 16.0. The van der Waals surface area contributed by atoms with Gasteiger partial charge in [0.2, 0.25) is 11.8 Å². The van der Waals surface area contributed by atoms with Crippen LogP contribution in [0.15, 0.2) is 60.8 Å². The van der Waals surface area contributed by atoms with E-state index in [0.717, 1.165) is 41.7 Å². The van der Waals surface area contributed by atoms with Crippen LogP contribution in [0.5, 0.6) is 0 Å². The molecule has 0 fully saturated rings. The van der Waals surface area contributed by atoms with Gasteiger partial charge in [-0.15, -0.1) is 0 Å². The van der Waals surface area contributed by atoms with Crippen LogP contribution in [0.1, 0.15) is 25.3 Å².